The molecule has 4 fully saturated rings. The highest BCUT2D eigenvalue weighted by atomic mass is 15.1. The second-order valence-corrected chi connectivity index (χ2v) is 7.28. The maximum Gasteiger partial charge on any atom is 0.0129 e. The SMILES string of the molecule is C1CCN[C@@H]2C[C@@H]3NCCCCN[C@@H]4C[C@H](NC1)C2C34. The lowest BCUT2D eigenvalue weighted by Crippen LogP contribution is -2.43. The van der Waals surface area contributed by atoms with Gasteiger partial charge in [-0.3, -0.25) is 0 Å². The average Bonchev–Trinajstić information content (AvgIpc) is 2.99. The summed E-state index contributed by atoms with van der Waals surface area (Å²) in [5.74, 6) is 1.67. The maximum atomic E-state index is 3.89. The van der Waals surface area contributed by atoms with E-state index < -0.39 is 0 Å². The van der Waals surface area contributed by atoms with Crippen molar-refractivity contribution in [2.75, 3.05) is 26.2 Å². The highest BCUT2D eigenvalue weighted by Crippen LogP contribution is 2.45. The standard InChI is InChI=1S/C16H30N4/c1-2-6-18-12-10-14-16-13(19-7-3-4-8-20-14)9-11(15(12)16)17-5-1/h11-20H,1-10H2/t11-,12+,13+,14-,15?,16?. The van der Waals surface area contributed by atoms with Crippen molar-refractivity contribution in [1.82, 2.24) is 21.3 Å². The van der Waals surface area contributed by atoms with E-state index in [4.69, 9.17) is 0 Å². The van der Waals surface area contributed by atoms with Crippen molar-refractivity contribution in [2.45, 2.75) is 62.7 Å². The van der Waals surface area contributed by atoms with Crippen molar-refractivity contribution in [1.29, 1.82) is 0 Å². The lowest BCUT2D eigenvalue weighted by molar-refractivity contribution is 0.287. The summed E-state index contributed by atoms with van der Waals surface area (Å²) < 4.78 is 0. The zero-order valence-electron chi connectivity index (χ0n) is 12.5. The van der Waals surface area contributed by atoms with Gasteiger partial charge in [-0.15, -0.1) is 0 Å². The molecule has 0 spiro atoms. The summed E-state index contributed by atoms with van der Waals surface area (Å²) >= 11 is 0. The van der Waals surface area contributed by atoms with Crippen LogP contribution in [0.2, 0.25) is 0 Å². The van der Waals surface area contributed by atoms with Gasteiger partial charge in [0.25, 0.3) is 0 Å². The summed E-state index contributed by atoms with van der Waals surface area (Å²) in [5, 5.41) is 15.5. The monoisotopic (exact) mass is 278 g/mol. The van der Waals surface area contributed by atoms with E-state index in [9.17, 15) is 0 Å². The first-order valence-corrected chi connectivity index (χ1v) is 8.87. The number of hydrogen-bond donors (Lipinski definition) is 4. The van der Waals surface area contributed by atoms with E-state index in [1.54, 1.807) is 0 Å². The molecule has 4 aliphatic rings. The zero-order valence-corrected chi connectivity index (χ0v) is 12.5. The summed E-state index contributed by atoms with van der Waals surface area (Å²) in [5.41, 5.74) is 0. The Morgan fingerprint density at radius 1 is 0.450 bits per heavy atom. The van der Waals surface area contributed by atoms with Gasteiger partial charge in [-0.05, 0) is 76.5 Å². The fraction of sp³-hybridized carbons (Fsp3) is 1.00. The van der Waals surface area contributed by atoms with Crippen LogP contribution in [0.1, 0.15) is 38.5 Å². The predicted molar refractivity (Wildman–Crippen MR) is 81.8 cm³/mol. The van der Waals surface area contributed by atoms with Gasteiger partial charge >= 0.3 is 0 Å². The molecular formula is C16H30N4. The number of hydrogen-bond acceptors (Lipinski definition) is 4. The van der Waals surface area contributed by atoms with Gasteiger partial charge in [0.15, 0.2) is 0 Å². The second-order valence-electron chi connectivity index (χ2n) is 7.28. The highest BCUT2D eigenvalue weighted by molar-refractivity contribution is 5.12. The third-order valence-electron chi connectivity index (χ3n) is 6.15. The average molecular weight is 278 g/mol. The summed E-state index contributed by atoms with van der Waals surface area (Å²) in [6, 6.07) is 2.94. The predicted octanol–water partition coefficient (Wildman–Crippen LogP) is 0.447. The van der Waals surface area contributed by atoms with Gasteiger partial charge in [0.05, 0.1) is 0 Å². The third-order valence-corrected chi connectivity index (χ3v) is 6.15. The molecule has 114 valence electrons. The second kappa shape index (κ2) is 5.91. The van der Waals surface area contributed by atoms with E-state index in [0.29, 0.717) is 0 Å². The van der Waals surface area contributed by atoms with Gasteiger partial charge in [-0.2, -0.15) is 0 Å². The minimum absolute atomic E-state index is 0.735. The molecule has 4 nitrogen and oxygen atoms in total. The van der Waals surface area contributed by atoms with Crippen molar-refractivity contribution in [3.63, 3.8) is 0 Å². The Balaban J connectivity index is 1.58. The summed E-state index contributed by atoms with van der Waals surface area (Å²) in [4.78, 5) is 0. The molecule has 0 aromatic rings. The molecule has 2 saturated carbocycles. The molecule has 2 heterocycles. The van der Waals surface area contributed by atoms with Crippen LogP contribution in [0.5, 0.6) is 0 Å². The van der Waals surface area contributed by atoms with Crippen LogP contribution in [-0.4, -0.2) is 50.3 Å². The lowest BCUT2D eigenvalue weighted by atomic mass is 9.91. The minimum Gasteiger partial charge on any atom is -0.314 e. The van der Waals surface area contributed by atoms with Crippen molar-refractivity contribution in [3.05, 3.63) is 0 Å². The van der Waals surface area contributed by atoms with Crippen molar-refractivity contribution in [2.24, 2.45) is 11.8 Å². The van der Waals surface area contributed by atoms with Gasteiger partial charge in [0, 0.05) is 24.2 Å². The molecule has 20 heavy (non-hydrogen) atoms. The van der Waals surface area contributed by atoms with Crippen LogP contribution in [0.3, 0.4) is 0 Å². The van der Waals surface area contributed by atoms with Crippen LogP contribution in [-0.2, 0) is 0 Å². The van der Waals surface area contributed by atoms with Crippen molar-refractivity contribution >= 4 is 0 Å². The van der Waals surface area contributed by atoms with Crippen molar-refractivity contribution < 1.29 is 0 Å². The molecule has 0 aromatic carbocycles. The molecule has 2 saturated heterocycles. The van der Waals surface area contributed by atoms with E-state index in [1.165, 1.54) is 64.7 Å². The topological polar surface area (TPSA) is 48.1 Å². The Labute approximate surface area is 122 Å². The number of nitrogens with one attached hydrogen (secondary N) is 4. The minimum atomic E-state index is 0.735. The van der Waals surface area contributed by atoms with Gasteiger partial charge in [-0.25, -0.2) is 0 Å². The Morgan fingerprint density at radius 2 is 0.750 bits per heavy atom. The van der Waals surface area contributed by atoms with E-state index in [-0.39, 0.29) is 0 Å². The first kappa shape index (κ1) is 13.5. The van der Waals surface area contributed by atoms with E-state index >= 15 is 0 Å². The van der Waals surface area contributed by atoms with Crippen LogP contribution in [0, 0.1) is 11.8 Å². The first-order chi connectivity index (χ1) is 9.93. The quantitative estimate of drug-likeness (QED) is 0.520. The smallest absolute Gasteiger partial charge is 0.0129 e. The zero-order chi connectivity index (χ0) is 13.4. The van der Waals surface area contributed by atoms with Crippen LogP contribution in [0.4, 0.5) is 0 Å². The van der Waals surface area contributed by atoms with Crippen molar-refractivity contribution in [3.8, 4) is 0 Å². The molecule has 4 N–H and O–H groups in total. The Morgan fingerprint density at radius 3 is 1.05 bits per heavy atom. The largest absolute Gasteiger partial charge is 0.314 e. The maximum absolute atomic E-state index is 3.89. The Kier molecular flexibility index (Phi) is 3.99. The lowest BCUT2D eigenvalue weighted by Gasteiger charge is -2.27. The van der Waals surface area contributed by atoms with Crippen LogP contribution >= 0.6 is 0 Å². The number of rotatable bonds is 0. The fourth-order valence-corrected chi connectivity index (χ4v) is 5.34. The van der Waals surface area contributed by atoms with E-state index in [0.717, 1.165) is 36.0 Å². The first-order valence-electron chi connectivity index (χ1n) is 8.87. The summed E-state index contributed by atoms with van der Waals surface area (Å²) in [6.07, 6.45) is 7.99. The molecule has 2 unspecified atom stereocenters. The summed E-state index contributed by atoms with van der Waals surface area (Å²) in [6.45, 7) is 4.86. The van der Waals surface area contributed by atoms with Crippen LogP contribution in [0.25, 0.3) is 0 Å². The molecule has 2 aliphatic carbocycles. The molecule has 0 bridgehead atoms. The van der Waals surface area contributed by atoms with E-state index in [1.807, 2.05) is 0 Å². The van der Waals surface area contributed by atoms with Crippen LogP contribution < -0.4 is 21.3 Å². The molecule has 0 aromatic heterocycles. The molecule has 4 rings (SSSR count). The Bertz CT molecular complexity index is 274. The van der Waals surface area contributed by atoms with Gasteiger partial charge in [0.1, 0.15) is 0 Å². The summed E-state index contributed by atoms with van der Waals surface area (Å²) in [7, 11) is 0. The fourth-order valence-electron chi connectivity index (χ4n) is 5.34. The molecule has 4 heteroatoms. The molecule has 2 aliphatic heterocycles. The van der Waals surface area contributed by atoms with Gasteiger partial charge < -0.3 is 21.3 Å². The molecule has 0 amide bonds. The molecular weight excluding hydrogens is 248 g/mol. The highest BCUT2D eigenvalue weighted by Gasteiger charge is 2.54. The third kappa shape index (κ3) is 2.41. The van der Waals surface area contributed by atoms with Gasteiger partial charge in [0.2, 0.25) is 0 Å². The van der Waals surface area contributed by atoms with Crippen LogP contribution in [0.15, 0.2) is 0 Å². The molecule has 0 radical (unpaired) electrons. The normalized spacial score (nSPS) is 49.2. The van der Waals surface area contributed by atoms with Gasteiger partial charge in [-0.1, -0.05) is 0 Å². The molecule has 6 atom stereocenters. The van der Waals surface area contributed by atoms with E-state index in [2.05, 4.69) is 21.3 Å². The Hall–Kier alpha value is -0.160.